The molecule has 1 aliphatic carbocycles. The molecule has 5 rings (SSSR count). The number of hydrogen-bond donors (Lipinski definition) is 1. The molecule has 1 aromatic carbocycles. The smallest absolute Gasteiger partial charge is 0.0961 e. The minimum Gasteiger partial charge on any atom is -0.391 e. The summed E-state index contributed by atoms with van der Waals surface area (Å²) in [6.07, 6.45) is 3.50. The van der Waals surface area contributed by atoms with E-state index in [4.69, 9.17) is 0 Å². The van der Waals surface area contributed by atoms with Gasteiger partial charge in [0.05, 0.1) is 40.9 Å². The zero-order valence-electron chi connectivity index (χ0n) is 16.0. The molecule has 0 radical (unpaired) electrons. The fraction of sp³-hybridized carbons (Fsp3) is 0.524. The van der Waals surface area contributed by atoms with Crippen LogP contribution in [0, 0.1) is 18.8 Å². The van der Waals surface area contributed by atoms with Gasteiger partial charge in [0.1, 0.15) is 0 Å². The maximum absolute atomic E-state index is 10.9. The van der Waals surface area contributed by atoms with Gasteiger partial charge in [-0.1, -0.05) is 12.1 Å². The highest BCUT2D eigenvalue weighted by Gasteiger charge is 2.42. The van der Waals surface area contributed by atoms with Crippen LogP contribution in [0.2, 0.25) is 0 Å². The second-order valence-corrected chi connectivity index (χ2v) is 8.36. The van der Waals surface area contributed by atoms with Gasteiger partial charge in [-0.25, -0.2) is 4.98 Å². The van der Waals surface area contributed by atoms with Crippen molar-refractivity contribution in [3.8, 4) is 0 Å². The number of aliphatic hydroxyl groups excluding tert-OH is 1. The molecule has 0 amide bonds. The van der Waals surface area contributed by atoms with Crippen LogP contribution in [-0.4, -0.2) is 48.5 Å². The van der Waals surface area contributed by atoms with Crippen molar-refractivity contribution < 1.29 is 5.11 Å². The average Bonchev–Trinajstić information content (AvgIpc) is 3.31. The Hall–Kier alpha value is -2.18. The standard InChI is InChI=1S/C21H27N5O/c1-14-7-17(24(2)23-14)12-25-10-15-8-20(21(27)9-16(15)11-25)26-13-22-18-5-3-4-6-19(18)26/h3-7,13,15-16,20-21,27H,8-12H2,1-2H3/t15-,16+,20-,21-/m1/s1. The van der Waals surface area contributed by atoms with Gasteiger partial charge >= 0.3 is 0 Å². The third-order valence-electron chi connectivity index (χ3n) is 6.51. The van der Waals surface area contributed by atoms with Crippen LogP contribution in [0.25, 0.3) is 11.0 Å². The fourth-order valence-electron chi connectivity index (χ4n) is 5.22. The van der Waals surface area contributed by atoms with E-state index in [1.54, 1.807) is 0 Å². The van der Waals surface area contributed by atoms with Gasteiger partial charge in [-0.3, -0.25) is 9.58 Å². The number of nitrogens with zero attached hydrogens (tertiary/aromatic N) is 5. The predicted octanol–water partition coefficient (Wildman–Crippen LogP) is 2.52. The molecule has 2 aromatic heterocycles. The number of benzene rings is 1. The van der Waals surface area contributed by atoms with Crippen molar-refractivity contribution in [3.63, 3.8) is 0 Å². The lowest BCUT2D eigenvalue weighted by atomic mass is 9.77. The highest BCUT2D eigenvalue weighted by molar-refractivity contribution is 5.75. The third-order valence-corrected chi connectivity index (χ3v) is 6.51. The number of fused-ring (bicyclic) bond motifs is 2. The number of likely N-dealkylation sites (tertiary alicyclic amines) is 1. The van der Waals surface area contributed by atoms with Gasteiger partial charge in [0.15, 0.2) is 0 Å². The molecule has 1 N–H and O–H groups in total. The Morgan fingerprint density at radius 1 is 1.15 bits per heavy atom. The molecule has 1 saturated carbocycles. The van der Waals surface area contributed by atoms with E-state index >= 15 is 0 Å². The molecule has 1 saturated heterocycles. The summed E-state index contributed by atoms with van der Waals surface area (Å²) in [5, 5.41) is 15.4. The van der Waals surface area contributed by atoms with Crippen molar-refractivity contribution in [3.05, 3.63) is 48.0 Å². The zero-order chi connectivity index (χ0) is 18.5. The molecular weight excluding hydrogens is 338 g/mol. The van der Waals surface area contributed by atoms with E-state index in [9.17, 15) is 5.11 Å². The van der Waals surface area contributed by atoms with Gasteiger partial charge in [0.25, 0.3) is 0 Å². The number of hydrogen-bond acceptors (Lipinski definition) is 4. The SMILES string of the molecule is Cc1cc(CN2C[C@H]3C[C@@H](n4cnc5ccccc54)[C@H](O)C[C@H]3C2)n(C)n1. The molecule has 4 atom stereocenters. The first-order chi connectivity index (χ1) is 13.1. The van der Waals surface area contributed by atoms with Gasteiger partial charge in [-0.05, 0) is 49.8 Å². The first-order valence-corrected chi connectivity index (χ1v) is 9.90. The molecule has 6 heteroatoms. The Morgan fingerprint density at radius 3 is 2.70 bits per heavy atom. The molecule has 3 heterocycles. The Bertz CT molecular complexity index is 961. The largest absolute Gasteiger partial charge is 0.391 e. The Labute approximate surface area is 159 Å². The van der Waals surface area contributed by atoms with Crippen LogP contribution < -0.4 is 0 Å². The van der Waals surface area contributed by atoms with Gasteiger partial charge < -0.3 is 9.67 Å². The highest BCUT2D eigenvalue weighted by atomic mass is 16.3. The van der Waals surface area contributed by atoms with Crippen LogP contribution in [0.3, 0.4) is 0 Å². The molecule has 27 heavy (non-hydrogen) atoms. The van der Waals surface area contributed by atoms with Crippen LogP contribution in [0.4, 0.5) is 0 Å². The van der Waals surface area contributed by atoms with Crippen molar-refractivity contribution >= 4 is 11.0 Å². The normalized spacial score (nSPS) is 28.7. The number of aryl methyl sites for hydroxylation is 2. The number of imidazole rings is 1. The summed E-state index contributed by atoms with van der Waals surface area (Å²) < 4.78 is 4.19. The maximum Gasteiger partial charge on any atom is 0.0961 e. The van der Waals surface area contributed by atoms with Gasteiger partial charge in [-0.2, -0.15) is 5.10 Å². The Balaban J connectivity index is 1.34. The van der Waals surface area contributed by atoms with Crippen molar-refractivity contribution in [2.45, 2.75) is 38.5 Å². The monoisotopic (exact) mass is 365 g/mol. The molecule has 142 valence electrons. The van der Waals surface area contributed by atoms with Crippen LogP contribution in [-0.2, 0) is 13.6 Å². The summed E-state index contributed by atoms with van der Waals surface area (Å²) in [5.41, 5.74) is 4.47. The van der Waals surface area contributed by atoms with Crippen LogP contribution in [0.1, 0.15) is 30.3 Å². The molecule has 2 aliphatic rings. The van der Waals surface area contributed by atoms with Crippen LogP contribution in [0.5, 0.6) is 0 Å². The quantitative estimate of drug-likeness (QED) is 0.775. The molecule has 6 nitrogen and oxygen atoms in total. The van der Waals surface area contributed by atoms with E-state index in [-0.39, 0.29) is 12.1 Å². The lowest BCUT2D eigenvalue weighted by molar-refractivity contribution is 0.0374. The molecule has 0 spiro atoms. The van der Waals surface area contributed by atoms with Crippen molar-refractivity contribution in [2.75, 3.05) is 13.1 Å². The third kappa shape index (κ3) is 2.97. The highest BCUT2D eigenvalue weighted by Crippen LogP contribution is 2.42. The van der Waals surface area contributed by atoms with Gasteiger partial charge in [-0.15, -0.1) is 0 Å². The lowest BCUT2D eigenvalue weighted by Crippen LogP contribution is -2.36. The Kier molecular flexibility index (Phi) is 4.06. The summed E-state index contributed by atoms with van der Waals surface area (Å²) >= 11 is 0. The second-order valence-electron chi connectivity index (χ2n) is 8.36. The molecule has 1 aliphatic heterocycles. The van der Waals surface area contributed by atoms with Crippen LogP contribution in [0.15, 0.2) is 36.7 Å². The number of para-hydroxylation sites is 2. The maximum atomic E-state index is 10.9. The van der Waals surface area contributed by atoms with E-state index < -0.39 is 0 Å². The Morgan fingerprint density at radius 2 is 1.93 bits per heavy atom. The summed E-state index contributed by atoms with van der Waals surface area (Å²) in [4.78, 5) is 7.06. The second kappa shape index (κ2) is 6.46. The fourth-order valence-corrected chi connectivity index (χ4v) is 5.22. The topological polar surface area (TPSA) is 59.1 Å². The molecule has 0 bridgehead atoms. The first-order valence-electron chi connectivity index (χ1n) is 9.90. The van der Waals surface area contributed by atoms with Crippen LogP contribution >= 0.6 is 0 Å². The van der Waals surface area contributed by atoms with Gasteiger partial charge in [0.2, 0.25) is 0 Å². The zero-order valence-corrected chi connectivity index (χ0v) is 16.0. The van der Waals surface area contributed by atoms with Gasteiger partial charge in [0, 0.05) is 26.7 Å². The average molecular weight is 365 g/mol. The van der Waals surface area contributed by atoms with Crippen molar-refractivity contribution in [1.82, 2.24) is 24.2 Å². The summed E-state index contributed by atoms with van der Waals surface area (Å²) in [5.74, 6) is 1.22. The number of rotatable bonds is 3. The van der Waals surface area contributed by atoms with E-state index in [0.29, 0.717) is 11.8 Å². The lowest BCUT2D eigenvalue weighted by Gasteiger charge is -2.36. The number of aliphatic hydroxyl groups is 1. The van der Waals surface area contributed by atoms with Crippen molar-refractivity contribution in [1.29, 1.82) is 0 Å². The van der Waals surface area contributed by atoms with E-state index in [2.05, 4.69) is 31.7 Å². The molecule has 3 aromatic rings. The van der Waals surface area contributed by atoms with E-state index in [1.165, 1.54) is 5.69 Å². The van der Waals surface area contributed by atoms with E-state index in [1.807, 2.05) is 43.2 Å². The minimum atomic E-state index is -0.303. The summed E-state index contributed by atoms with van der Waals surface area (Å²) in [6.45, 7) is 5.16. The summed E-state index contributed by atoms with van der Waals surface area (Å²) in [6, 6.07) is 10.5. The van der Waals surface area contributed by atoms with E-state index in [0.717, 1.165) is 49.2 Å². The molecular formula is C21H27N5O. The minimum absolute atomic E-state index is 0.123. The number of aromatic nitrogens is 4. The first kappa shape index (κ1) is 17.0. The summed E-state index contributed by atoms with van der Waals surface area (Å²) in [7, 11) is 2.02. The predicted molar refractivity (Wildman–Crippen MR) is 104 cm³/mol. The molecule has 0 unspecified atom stereocenters. The molecule has 2 fully saturated rings. The van der Waals surface area contributed by atoms with Crippen molar-refractivity contribution in [2.24, 2.45) is 18.9 Å².